The number of carbonyl (C=O) groups is 1. The first-order valence-electron chi connectivity index (χ1n) is 10.7. The van der Waals surface area contributed by atoms with E-state index >= 15 is 0 Å². The Morgan fingerprint density at radius 2 is 1.97 bits per heavy atom. The van der Waals surface area contributed by atoms with Crippen molar-refractivity contribution < 1.29 is 33.2 Å². The Bertz CT molecular complexity index is 1100. The molecule has 4 unspecified atom stereocenters. The van der Waals surface area contributed by atoms with Crippen LogP contribution < -0.4 is 14.2 Å². The second-order valence-corrected chi connectivity index (χ2v) is 8.52. The average molecular weight is 439 g/mol. The van der Waals surface area contributed by atoms with Crippen molar-refractivity contribution in [2.24, 2.45) is 0 Å². The predicted octanol–water partition coefficient (Wildman–Crippen LogP) is 2.52. The topological polar surface area (TPSA) is 77.5 Å². The lowest BCUT2D eigenvalue weighted by Gasteiger charge is -2.45. The lowest BCUT2D eigenvalue weighted by molar-refractivity contribution is -0.159. The van der Waals surface area contributed by atoms with Gasteiger partial charge in [0.2, 0.25) is 6.79 Å². The molecule has 1 fully saturated rings. The normalized spacial score (nSPS) is 27.4. The molecule has 6 rings (SSSR count). The maximum atomic E-state index is 13.1. The van der Waals surface area contributed by atoms with E-state index in [1.807, 2.05) is 18.2 Å². The third kappa shape index (κ3) is 3.22. The fourth-order valence-electron chi connectivity index (χ4n) is 5.33. The summed E-state index contributed by atoms with van der Waals surface area (Å²) >= 11 is 0. The number of esters is 1. The number of hydrogen-bond donors (Lipinski definition) is 1. The fraction of sp³-hybridized carbons (Fsp3) is 0.375. The molecule has 1 saturated heterocycles. The van der Waals surface area contributed by atoms with Gasteiger partial charge in [-0.15, -0.1) is 0 Å². The number of fused-ring (bicyclic) bond motifs is 3. The standard InChI is InChI=1S/C24H22FNO6/c25-15-1-3-16(4-2-15)29-11-21(28)32-24-18(27)7-13-5-6-26-10-14-8-19-20(31-12-30-19)9-17(14)22(24)23(13)26/h1-4,7-9,18,22-24,27H,5-6,10-12H2. The molecule has 7 nitrogen and oxygen atoms in total. The number of aliphatic hydroxyl groups is 1. The Balaban J connectivity index is 1.28. The molecule has 0 bridgehead atoms. The number of ether oxygens (including phenoxy) is 4. The van der Waals surface area contributed by atoms with Gasteiger partial charge in [0.25, 0.3) is 0 Å². The Hall–Kier alpha value is -3.10. The van der Waals surface area contributed by atoms with Gasteiger partial charge in [0, 0.05) is 25.0 Å². The van der Waals surface area contributed by atoms with Gasteiger partial charge >= 0.3 is 5.97 Å². The third-order valence-electron chi connectivity index (χ3n) is 6.68. The van der Waals surface area contributed by atoms with E-state index in [4.69, 9.17) is 18.9 Å². The van der Waals surface area contributed by atoms with E-state index in [-0.39, 0.29) is 31.2 Å². The van der Waals surface area contributed by atoms with Crippen LogP contribution in [0.4, 0.5) is 4.39 Å². The van der Waals surface area contributed by atoms with Gasteiger partial charge in [0.1, 0.15) is 23.8 Å². The molecule has 0 aromatic heterocycles. The van der Waals surface area contributed by atoms with Crippen LogP contribution >= 0.6 is 0 Å². The highest BCUT2D eigenvalue weighted by Gasteiger charge is 2.50. The summed E-state index contributed by atoms with van der Waals surface area (Å²) in [5.74, 6) is 0.562. The number of halogens is 1. The maximum absolute atomic E-state index is 13.1. The molecule has 0 radical (unpaired) electrons. The number of aliphatic hydroxyl groups excluding tert-OH is 1. The second-order valence-electron chi connectivity index (χ2n) is 8.52. The van der Waals surface area contributed by atoms with Gasteiger partial charge in [-0.3, -0.25) is 4.90 Å². The summed E-state index contributed by atoms with van der Waals surface area (Å²) in [6, 6.07) is 9.44. The van der Waals surface area contributed by atoms with Crippen molar-refractivity contribution in [2.75, 3.05) is 19.9 Å². The van der Waals surface area contributed by atoms with Gasteiger partial charge in [-0.1, -0.05) is 11.6 Å². The maximum Gasteiger partial charge on any atom is 0.344 e. The molecule has 3 aliphatic heterocycles. The van der Waals surface area contributed by atoms with Crippen LogP contribution in [0.5, 0.6) is 17.2 Å². The first-order valence-corrected chi connectivity index (χ1v) is 10.7. The molecular weight excluding hydrogens is 417 g/mol. The van der Waals surface area contributed by atoms with E-state index in [1.54, 1.807) is 0 Å². The van der Waals surface area contributed by atoms with Crippen LogP contribution in [-0.2, 0) is 16.1 Å². The molecule has 2 aromatic rings. The molecule has 32 heavy (non-hydrogen) atoms. The molecule has 4 aliphatic rings. The van der Waals surface area contributed by atoms with E-state index in [0.29, 0.717) is 11.5 Å². The SMILES string of the molecule is O=C(COc1ccc(F)cc1)OC1C(O)C=C2CCN3Cc4cc5c(cc4C1C23)OCO5. The first-order chi connectivity index (χ1) is 15.6. The van der Waals surface area contributed by atoms with Gasteiger partial charge in [0.15, 0.2) is 18.1 Å². The van der Waals surface area contributed by atoms with Crippen LogP contribution in [0.1, 0.15) is 23.5 Å². The van der Waals surface area contributed by atoms with Crippen molar-refractivity contribution in [3.63, 3.8) is 0 Å². The zero-order valence-electron chi connectivity index (χ0n) is 17.2. The van der Waals surface area contributed by atoms with Crippen molar-refractivity contribution in [1.82, 2.24) is 4.90 Å². The minimum atomic E-state index is -0.919. The summed E-state index contributed by atoms with van der Waals surface area (Å²) in [6.07, 6.45) is 1.04. The Labute approximate surface area is 183 Å². The highest BCUT2D eigenvalue weighted by Crippen LogP contribution is 2.50. The average Bonchev–Trinajstić information content (AvgIpc) is 3.41. The second kappa shape index (κ2) is 7.50. The Morgan fingerprint density at radius 1 is 1.19 bits per heavy atom. The van der Waals surface area contributed by atoms with Crippen LogP contribution in [-0.4, -0.2) is 54.2 Å². The van der Waals surface area contributed by atoms with E-state index in [1.165, 1.54) is 29.8 Å². The van der Waals surface area contributed by atoms with E-state index in [9.17, 15) is 14.3 Å². The zero-order valence-corrected chi connectivity index (χ0v) is 17.2. The van der Waals surface area contributed by atoms with Crippen molar-refractivity contribution in [3.05, 3.63) is 65.0 Å². The van der Waals surface area contributed by atoms with Gasteiger partial charge in [-0.25, -0.2) is 9.18 Å². The van der Waals surface area contributed by atoms with Gasteiger partial charge in [-0.2, -0.15) is 0 Å². The van der Waals surface area contributed by atoms with Crippen LogP contribution in [0.15, 0.2) is 48.0 Å². The van der Waals surface area contributed by atoms with Crippen LogP contribution in [0.3, 0.4) is 0 Å². The minimum Gasteiger partial charge on any atom is -0.482 e. The smallest absolute Gasteiger partial charge is 0.344 e. The lowest BCUT2D eigenvalue weighted by Crippen LogP contribution is -2.51. The molecule has 0 amide bonds. The van der Waals surface area contributed by atoms with E-state index in [2.05, 4.69) is 4.90 Å². The Kier molecular flexibility index (Phi) is 4.58. The summed E-state index contributed by atoms with van der Waals surface area (Å²) in [5, 5.41) is 10.9. The molecule has 3 heterocycles. The summed E-state index contributed by atoms with van der Waals surface area (Å²) < 4.78 is 35.4. The van der Waals surface area contributed by atoms with E-state index in [0.717, 1.165) is 36.4 Å². The van der Waals surface area contributed by atoms with Crippen LogP contribution in [0.2, 0.25) is 0 Å². The molecule has 4 atom stereocenters. The summed E-state index contributed by atoms with van der Waals surface area (Å²) in [5.41, 5.74) is 3.29. The quantitative estimate of drug-likeness (QED) is 0.580. The number of benzene rings is 2. The number of rotatable bonds is 4. The summed E-state index contributed by atoms with van der Waals surface area (Å²) in [4.78, 5) is 15.0. The number of nitrogens with zero attached hydrogens (tertiary/aromatic N) is 1. The summed E-state index contributed by atoms with van der Waals surface area (Å²) in [6.45, 7) is 1.51. The van der Waals surface area contributed by atoms with Crippen molar-refractivity contribution in [3.8, 4) is 17.2 Å². The van der Waals surface area contributed by atoms with Crippen molar-refractivity contribution in [1.29, 1.82) is 0 Å². The largest absolute Gasteiger partial charge is 0.482 e. The zero-order chi connectivity index (χ0) is 21.8. The van der Waals surface area contributed by atoms with Crippen LogP contribution in [0, 0.1) is 5.82 Å². The predicted molar refractivity (Wildman–Crippen MR) is 110 cm³/mol. The number of hydrogen-bond acceptors (Lipinski definition) is 7. The van der Waals surface area contributed by atoms with Gasteiger partial charge in [0.05, 0.1) is 0 Å². The summed E-state index contributed by atoms with van der Waals surface area (Å²) in [7, 11) is 0. The van der Waals surface area contributed by atoms with Crippen molar-refractivity contribution >= 4 is 5.97 Å². The molecule has 0 spiro atoms. The molecule has 1 N–H and O–H groups in total. The van der Waals surface area contributed by atoms with Crippen LogP contribution in [0.25, 0.3) is 0 Å². The first kappa shape index (κ1) is 19.6. The van der Waals surface area contributed by atoms with Gasteiger partial charge in [-0.05, 0) is 53.9 Å². The monoisotopic (exact) mass is 439 g/mol. The molecule has 0 saturated carbocycles. The number of carbonyl (C=O) groups excluding carboxylic acids is 1. The van der Waals surface area contributed by atoms with Gasteiger partial charge < -0.3 is 24.1 Å². The minimum absolute atomic E-state index is 0.0714. The highest BCUT2D eigenvalue weighted by molar-refractivity contribution is 5.71. The fourth-order valence-corrected chi connectivity index (χ4v) is 5.33. The third-order valence-corrected chi connectivity index (χ3v) is 6.68. The highest BCUT2D eigenvalue weighted by atomic mass is 19.1. The van der Waals surface area contributed by atoms with E-state index < -0.39 is 18.2 Å². The Morgan fingerprint density at radius 3 is 2.78 bits per heavy atom. The van der Waals surface area contributed by atoms with Crippen molar-refractivity contribution in [2.45, 2.75) is 37.1 Å². The molecule has 2 aromatic carbocycles. The molecular formula is C24H22FNO6. The lowest BCUT2D eigenvalue weighted by atomic mass is 9.73. The molecule has 8 heteroatoms. The molecule has 166 valence electrons. The molecule has 1 aliphatic carbocycles.